The molecule has 0 spiro atoms. The Hall–Kier alpha value is -1.42. The van der Waals surface area contributed by atoms with Crippen LogP contribution in [0.25, 0.3) is 0 Å². The Balaban J connectivity index is 2.33. The van der Waals surface area contributed by atoms with E-state index in [1.165, 1.54) is 0 Å². The van der Waals surface area contributed by atoms with Crippen LogP contribution in [0, 0.1) is 11.8 Å². The predicted molar refractivity (Wildman–Crippen MR) is 66.4 cm³/mol. The number of nitrogens with zero attached hydrogens (tertiary/aromatic N) is 1. The van der Waals surface area contributed by atoms with Crippen molar-refractivity contribution in [1.82, 2.24) is 10.3 Å². The highest BCUT2D eigenvalue weighted by molar-refractivity contribution is 5.78. The van der Waals surface area contributed by atoms with Crippen LogP contribution in [0.5, 0.6) is 0 Å². The largest absolute Gasteiger partial charge is 0.396 e. The molecular weight excluding hydrogens is 216 g/mol. The Kier molecular flexibility index (Phi) is 5.63. The Morgan fingerprint density at radius 1 is 1.47 bits per heavy atom. The van der Waals surface area contributed by atoms with Crippen LogP contribution in [-0.2, 0) is 11.2 Å². The van der Waals surface area contributed by atoms with Crippen LogP contribution in [0.15, 0.2) is 24.4 Å². The summed E-state index contributed by atoms with van der Waals surface area (Å²) in [5, 5.41) is 11.9. The molecule has 94 valence electrons. The molecule has 0 aliphatic rings. The molecule has 0 aliphatic heterocycles. The molecule has 2 N–H and O–H groups in total. The van der Waals surface area contributed by atoms with Gasteiger partial charge in [0.1, 0.15) is 0 Å². The summed E-state index contributed by atoms with van der Waals surface area (Å²) in [6.45, 7) is 4.31. The van der Waals surface area contributed by atoms with Crippen LogP contribution >= 0.6 is 0 Å². The first kappa shape index (κ1) is 13.6. The van der Waals surface area contributed by atoms with Gasteiger partial charge in [0.15, 0.2) is 0 Å². The minimum absolute atomic E-state index is 0.0848. The SMILES string of the molecule is CC(C)C(CO)C(=O)NCCc1ccccn1. The normalized spacial score (nSPS) is 12.5. The molecule has 4 heteroatoms. The number of amides is 1. The lowest BCUT2D eigenvalue weighted by molar-refractivity contribution is -0.127. The van der Waals surface area contributed by atoms with E-state index in [2.05, 4.69) is 10.3 Å². The highest BCUT2D eigenvalue weighted by Crippen LogP contribution is 2.09. The third-order valence-electron chi connectivity index (χ3n) is 2.74. The molecule has 1 amide bonds. The third-order valence-corrected chi connectivity index (χ3v) is 2.74. The highest BCUT2D eigenvalue weighted by atomic mass is 16.3. The number of aliphatic hydroxyl groups is 1. The Bertz CT molecular complexity index is 339. The van der Waals surface area contributed by atoms with Crippen molar-refractivity contribution in [2.75, 3.05) is 13.2 Å². The van der Waals surface area contributed by atoms with E-state index in [0.717, 1.165) is 5.69 Å². The number of pyridine rings is 1. The van der Waals surface area contributed by atoms with Crippen LogP contribution in [0.4, 0.5) is 0 Å². The molecular formula is C13H20N2O2. The maximum atomic E-state index is 11.7. The van der Waals surface area contributed by atoms with Crippen molar-refractivity contribution < 1.29 is 9.90 Å². The van der Waals surface area contributed by atoms with Gasteiger partial charge in [-0.2, -0.15) is 0 Å². The number of carbonyl (C=O) groups is 1. The minimum Gasteiger partial charge on any atom is -0.396 e. The van der Waals surface area contributed by atoms with Crippen LogP contribution in [0.3, 0.4) is 0 Å². The Labute approximate surface area is 102 Å². The lowest BCUT2D eigenvalue weighted by atomic mass is 9.96. The van der Waals surface area contributed by atoms with Gasteiger partial charge < -0.3 is 10.4 Å². The van der Waals surface area contributed by atoms with Crippen LogP contribution < -0.4 is 5.32 Å². The zero-order valence-electron chi connectivity index (χ0n) is 10.4. The third kappa shape index (κ3) is 4.53. The molecule has 0 bridgehead atoms. The van der Waals surface area contributed by atoms with Gasteiger partial charge in [0.2, 0.25) is 5.91 Å². The van der Waals surface area contributed by atoms with Gasteiger partial charge in [0.05, 0.1) is 12.5 Å². The Morgan fingerprint density at radius 2 is 2.24 bits per heavy atom. The number of aliphatic hydroxyl groups excluding tert-OH is 1. The molecule has 0 radical (unpaired) electrons. The zero-order chi connectivity index (χ0) is 12.7. The van der Waals surface area contributed by atoms with Gasteiger partial charge in [0, 0.05) is 24.9 Å². The molecule has 0 aromatic carbocycles. The van der Waals surface area contributed by atoms with Gasteiger partial charge in [-0.1, -0.05) is 19.9 Å². The summed E-state index contributed by atoms with van der Waals surface area (Å²) in [5.74, 6) is -0.257. The average molecular weight is 236 g/mol. The van der Waals surface area contributed by atoms with E-state index in [1.54, 1.807) is 6.20 Å². The second-order valence-electron chi connectivity index (χ2n) is 4.40. The monoisotopic (exact) mass is 236 g/mol. The number of hydrogen-bond donors (Lipinski definition) is 2. The number of hydrogen-bond acceptors (Lipinski definition) is 3. The van der Waals surface area contributed by atoms with E-state index in [0.29, 0.717) is 13.0 Å². The summed E-state index contributed by atoms with van der Waals surface area (Å²) in [6.07, 6.45) is 2.45. The predicted octanol–water partition coefficient (Wildman–Crippen LogP) is 1.00. The van der Waals surface area contributed by atoms with Crippen molar-refractivity contribution in [3.63, 3.8) is 0 Å². The fourth-order valence-corrected chi connectivity index (χ4v) is 1.59. The fraction of sp³-hybridized carbons (Fsp3) is 0.538. The van der Waals surface area contributed by atoms with E-state index in [9.17, 15) is 4.79 Å². The number of rotatable bonds is 6. The quantitative estimate of drug-likeness (QED) is 0.774. The van der Waals surface area contributed by atoms with E-state index in [4.69, 9.17) is 5.11 Å². The van der Waals surface area contributed by atoms with Crippen molar-refractivity contribution in [2.45, 2.75) is 20.3 Å². The number of nitrogens with one attached hydrogen (secondary N) is 1. The summed E-state index contributed by atoms with van der Waals surface area (Å²) in [5.41, 5.74) is 0.956. The standard InChI is InChI=1S/C13H20N2O2/c1-10(2)12(9-16)13(17)15-8-6-11-5-3-4-7-14-11/h3-5,7,10,12,16H,6,8-9H2,1-2H3,(H,15,17). The van der Waals surface area contributed by atoms with Gasteiger partial charge in [-0.05, 0) is 18.1 Å². The molecule has 1 unspecified atom stereocenters. The molecule has 4 nitrogen and oxygen atoms in total. The fourth-order valence-electron chi connectivity index (χ4n) is 1.59. The smallest absolute Gasteiger partial charge is 0.225 e. The molecule has 1 aromatic heterocycles. The number of aromatic nitrogens is 1. The maximum absolute atomic E-state index is 11.7. The molecule has 0 saturated heterocycles. The van der Waals surface area contributed by atoms with Crippen molar-refractivity contribution in [2.24, 2.45) is 11.8 Å². The summed E-state index contributed by atoms with van der Waals surface area (Å²) < 4.78 is 0. The summed E-state index contributed by atoms with van der Waals surface area (Å²) in [4.78, 5) is 15.9. The van der Waals surface area contributed by atoms with Crippen molar-refractivity contribution >= 4 is 5.91 Å². The second kappa shape index (κ2) is 7.01. The maximum Gasteiger partial charge on any atom is 0.225 e. The zero-order valence-corrected chi connectivity index (χ0v) is 10.4. The van der Waals surface area contributed by atoms with Crippen molar-refractivity contribution in [3.8, 4) is 0 Å². The molecule has 0 aliphatic carbocycles. The molecule has 0 saturated carbocycles. The van der Waals surface area contributed by atoms with Crippen molar-refractivity contribution in [3.05, 3.63) is 30.1 Å². The molecule has 0 fully saturated rings. The summed E-state index contributed by atoms with van der Waals surface area (Å²) >= 11 is 0. The Morgan fingerprint density at radius 3 is 2.76 bits per heavy atom. The highest BCUT2D eigenvalue weighted by Gasteiger charge is 2.20. The van der Waals surface area contributed by atoms with Gasteiger partial charge in [0.25, 0.3) is 0 Å². The van der Waals surface area contributed by atoms with E-state index in [1.807, 2.05) is 32.0 Å². The number of carbonyl (C=O) groups excluding carboxylic acids is 1. The average Bonchev–Trinajstić information content (AvgIpc) is 2.30. The van der Waals surface area contributed by atoms with E-state index < -0.39 is 0 Å². The molecule has 1 aromatic rings. The summed E-state index contributed by atoms with van der Waals surface area (Å²) in [6, 6.07) is 5.72. The molecule has 1 atom stereocenters. The minimum atomic E-state index is -0.321. The van der Waals surface area contributed by atoms with Gasteiger partial charge >= 0.3 is 0 Å². The molecule has 17 heavy (non-hydrogen) atoms. The summed E-state index contributed by atoms with van der Waals surface area (Å²) in [7, 11) is 0. The lowest BCUT2D eigenvalue weighted by Gasteiger charge is -2.17. The molecule has 1 heterocycles. The topological polar surface area (TPSA) is 62.2 Å². The first-order chi connectivity index (χ1) is 8.15. The van der Waals surface area contributed by atoms with E-state index in [-0.39, 0.29) is 24.3 Å². The van der Waals surface area contributed by atoms with Gasteiger partial charge in [-0.15, -0.1) is 0 Å². The van der Waals surface area contributed by atoms with Crippen LogP contribution in [0.2, 0.25) is 0 Å². The van der Waals surface area contributed by atoms with Crippen LogP contribution in [0.1, 0.15) is 19.5 Å². The first-order valence-corrected chi connectivity index (χ1v) is 5.93. The molecule has 1 rings (SSSR count). The van der Waals surface area contributed by atoms with Crippen LogP contribution in [-0.4, -0.2) is 29.1 Å². The lowest BCUT2D eigenvalue weighted by Crippen LogP contribution is -2.36. The van der Waals surface area contributed by atoms with E-state index >= 15 is 0 Å². The van der Waals surface area contributed by atoms with Crippen molar-refractivity contribution in [1.29, 1.82) is 0 Å². The van der Waals surface area contributed by atoms with Gasteiger partial charge in [-0.3, -0.25) is 9.78 Å². The first-order valence-electron chi connectivity index (χ1n) is 5.93. The second-order valence-corrected chi connectivity index (χ2v) is 4.40. The van der Waals surface area contributed by atoms with Gasteiger partial charge in [-0.25, -0.2) is 0 Å².